The van der Waals surface area contributed by atoms with Crippen LogP contribution in [0.3, 0.4) is 0 Å². The van der Waals surface area contributed by atoms with E-state index in [9.17, 15) is 13.2 Å². The molecule has 0 saturated carbocycles. The number of alkyl halides is 1. The van der Waals surface area contributed by atoms with Gasteiger partial charge in [-0.1, -0.05) is 28.1 Å². The number of rotatable bonds is 3. The zero-order chi connectivity index (χ0) is 14.0. The smallest absolute Gasteiger partial charge is 0.137 e. The molecule has 100 valence electrons. The zero-order valence-electron chi connectivity index (χ0n) is 9.64. The van der Waals surface area contributed by atoms with Crippen LogP contribution in [0.25, 0.3) is 0 Å². The molecule has 2 aromatic rings. The Kier molecular flexibility index (Phi) is 4.68. The second-order valence-electron chi connectivity index (χ2n) is 4.05. The van der Waals surface area contributed by atoms with Gasteiger partial charge in [-0.05, 0) is 52.2 Å². The molecule has 0 aliphatic rings. The van der Waals surface area contributed by atoms with E-state index in [0.717, 1.165) is 0 Å². The van der Waals surface area contributed by atoms with Gasteiger partial charge in [-0.15, -0.1) is 0 Å². The maximum atomic E-state index is 13.5. The summed E-state index contributed by atoms with van der Waals surface area (Å²) >= 11 is 6.39. The van der Waals surface area contributed by atoms with Gasteiger partial charge in [-0.25, -0.2) is 13.2 Å². The molecule has 1 unspecified atom stereocenters. The molecule has 0 aromatic heterocycles. The molecule has 2 aromatic carbocycles. The van der Waals surface area contributed by atoms with Gasteiger partial charge < -0.3 is 0 Å². The Morgan fingerprint density at radius 2 is 1.58 bits per heavy atom. The SMILES string of the molecule is Fc1cc(C(Br)Cc2c(F)cccc2F)ccc1Br. The van der Waals surface area contributed by atoms with E-state index in [-0.39, 0.29) is 16.8 Å². The van der Waals surface area contributed by atoms with Crippen molar-refractivity contribution in [2.24, 2.45) is 0 Å². The lowest BCUT2D eigenvalue weighted by atomic mass is 10.0. The van der Waals surface area contributed by atoms with E-state index in [1.54, 1.807) is 12.1 Å². The van der Waals surface area contributed by atoms with Gasteiger partial charge in [-0.2, -0.15) is 0 Å². The Balaban J connectivity index is 2.25. The average Bonchev–Trinajstić information content (AvgIpc) is 2.37. The van der Waals surface area contributed by atoms with Crippen LogP contribution in [0.1, 0.15) is 16.0 Å². The molecule has 0 fully saturated rings. The first-order valence-electron chi connectivity index (χ1n) is 5.51. The summed E-state index contributed by atoms with van der Waals surface area (Å²) in [4.78, 5) is -0.360. The normalized spacial score (nSPS) is 12.5. The molecule has 0 nitrogen and oxygen atoms in total. The maximum Gasteiger partial charge on any atom is 0.137 e. The lowest BCUT2D eigenvalue weighted by Gasteiger charge is -2.12. The van der Waals surface area contributed by atoms with Crippen molar-refractivity contribution < 1.29 is 13.2 Å². The fraction of sp³-hybridized carbons (Fsp3) is 0.143. The van der Waals surface area contributed by atoms with E-state index >= 15 is 0 Å². The van der Waals surface area contributed by atoms with Crippen LogP contribution >= 0.6 is 31.9 Å². The standard InChI is InChI=1S/C14H9Br2F3/c15-10-5-4-8(6-14(10)19)11(16)7-9-12(17)2-1-3-13(9)18/h1-6,11H,7H2. The minimum absolute atomic E-state index is 0.00676. The molecule has 1 atom stereocenters. The van der Waals surface area contributed by atoms with Crippen LogP contribution in [0, 0.1) is 17.5 Å². The molecule has 0 aliphatic carbocycles. The highest BCUT2D eigenvalue weighted by atomic mass is 79.9. The van der Waals surface area contributed by atoms with Gasteiger partial charge in [-0.3, -0.25) is 0 Å². The van der Waals surface area contributed by atoms with Crippen molar-refractivity contribution >= 4 is 31.9 Å². The van der Waals surface area contributed by atoms with Crippen molar-refractivity contribution in [2.75, 3.05) is 0 Å². The third kappa shape index (κ3) is 3.39. The van der Waals surface area contributed by atoms with Crippen LogP contribution in [0.5, 0.6) is 0 Å². The summed E-state index contributed by atoms with van der Waals surface area (Å²) in [5.41, 5.74) is 0.621. The largest absolute Gasteiger partial charge is 0.207 e. The third-order valence-corrected chi connectivity index (χ3v) is 4.25. The van der Waals surface area contributed by atoms with Crippen molar-refractivity contribution in [3.05, 3.63) is 69.4 Å². The van der Waals surface area contributed by atoms with Crippen molar-refractivity contribution in [3.8, 4) is 0 Å². The molecule has 0 aliphatic heterocycles. The minimum atomic E-state index is -0.595. The average molecular weight is 394 g/mol. The summed E-state index contributed by atoms with van der Waals surface area (Å²) in [5, 5.41) is 0. The Labute approximate surface area is 125 Å². The molecule has 19 heavy (non-hydrogen) atoms. The highest BCUT2D eigenvalue weighted by molar-refractivity contribution is 9.10. The van der Waals surface area contributed by atoms with Crippen LogP contribution in [-0.4, -0.2) is 0 Å². The van der Waals surface area contributed by atoms with E-state index in [0.29, 0.717) is 10.0 Å². The number of halogens is 5. The molecule has 0 N–H and O–H groups in total. The molecule has 0 bridgehead atoms. The highest BCUT2D eigenvalue weighted by Crippen LogP contribution is 2.31. The van der Waals surface area contributed by atoms with Crippen LogP contribution in [0.15, 0.2) is 40.9 Å². The van der Waals surface area contributed by atoms with Crippen molar-refractivity contribution in [1.82, 2.24) is 0 Å². The van der Waals surface area contributed by atoms with Gasteiger partial charge in [0, 0.05) is 10.4 Å². The first-order valence-corrected chi connectivity index (χ1v) is 7.22. The first kappa shape index (κ1) is 14.6. The topological polar surface area (TPSA) is 0 Å². The zero-order valence-corrected chi connectivity index (χ0v) is 12.8. The Bertz CT molecular complexity index is 579. The van der Waals surface area contributed by atoms with Crippen LogP contribution < -0.4 is 0 Å². The Morgan fingerprint density at radius 3 is 2.16 bits per heavy atom. The Morgan fingerprint density at radius 1 is 0.947 bits per heavy atom. The summed E-state index contributed by atoms with van der Waals surface area (Å²) < 4.78 is 40.8. The number of hydrogen-bond acceptors (Lipinski definition) is 0. The summed E-state index contributed by atoms with van der Waals surface area (Å²) in [6.07, 6.45) is 0.111. The molecule has 0 amide bonds. The highest BCUT2D eigenvalue weighted by Gasteiger charge is 2.16. The summed E-state index contributed by atoms with van der Waals surface area (Å²) in [5.74, 6) is -1.60. The molecule has 2 rings (SSSR count). The van der Waals surface area contributed by atoms with E-state index in [2.05, 4.69) is 31.9 Å². The fourth-order valence-corrected chi connectivity index (χ4v) is 2.59. The second-order valence-corrected chi connectivity index (χ2v) is 6.01. The van der Waals surface area contributed by atoms with E-state index in [4.69, 9.17) is 0 Å². The predicted molar refractivity (Wildman–Crippen MR) is 75.8 cm³/mol. The summed E-state index contributed by atoms with van der Waals surface area (Å²) in [6.45, 7) is 0. The van der Waals surface area contributed by atoms with Gasteiger partial charge in [0.05, 0.1) is 4.47 Å². The fourth-order valence-electron chi connectivity index (χ4n) is 1.73. The van der Waals surface area contributed by atoms with E-state index < -0.39 is 17.5 Å². The van der Waals surface area contributed by atoms with Gasteiger partial charge in [0.25, 0.3) is 0 Å². The van der Waals surface area contributed by atoms with E-state index in [1.165, 1.54) is 24.3 Å². The molecule has 0 spiro atoms. The lowest BCUT2D eigenvalue weighted by Crippen LogP contribution is -2.01. The van der Waals surface area contributed by atoms with Crippen LogP contribution in [-0.2, 0) is 6.42 Å². The molecular weight excluding hydrogens is 385 g/mol. The van der Waals surface area contributed by atoms with Gasteiger partial charge >= 0.3 is 0 Å². The number of hydrogen-bond donors (Lipinski definition) is 0. The van der Waals surface area contributed by atoms with Crippen LogP contribution in [0.4, 0.5) is 13.2 Å². The molecule has 0 radical (unpaired) electrons. The number of benzene rings is 2. The molecule has 0 heterocycles. The molecule has 5 heteroatoms. The second kappa shape index (κ2) is 6.09. The lowest BCUT2D eigenvalue weighted by molar-refractivity contribution is 0.554. The summed E-state index contributed by atoms with van der Waals surface area (Å²) in [7, 11) is 0. The van der Waals surface area contributed by atoms with Crippen LogP contribution in [0.2, 0.25) is 0 Å². The first-order chi connectivity index (χ1) is 8.99. The summed E-state index contributed by atoms with van der Waals surface area (Å²) in [6, 6.07) is 8.33. The van der Waals surface area contributed by atoms with Crippen molar-refractivity contribution in [2.45, 2.75) is 11.2 Å². The maximum absolute atomic E-state index is 13.5. The Hall–Kier alpha value is -0.810. The van der Waals surface area contributed by atoms with Gasteiger partial charge in [0.15, 0.2) is 0 Å². The van der Waals surface area contributed by atoms with Gasteiger partial charge in [0.1, 0.15) is 17.5 Å². The minimum Gasteiger partial charge on any atom is -0.207 e. The van der Waals surface area contributed by atoms with Gasteiger partial charge in [0.2, 0.25) is 0 Å². The monoisotopic (exact) mass is 392 g/mol. The predicted octanol–water partition coefficient (Wildman–Crippen LogP) is 5.55. The van der Waals surface area contributed by atoms with Crippen molar-refractivity contribution in [1.29, 1.82) is 0 Å². The quantitative estimate of drug-likeness (QED) is 0.600. The van der Waals surface area contributed by atoms with Crippen molar-refractivity contribution in [3.63, 3.8) is 0 Å². The molecule has 0 saturated heterocycles. The molecular formula is C14H9Br2F3. The third-order valence-electron chi connectivity index (χ3n) is 2.75. The van der Waals surface area contributed by atoms with E-state index in [1.807, 2.05) is 0 Å².